The number of benzene rings is 1. The molecule has 0 saturated heterocycles. The van der Waals surface area contributed by atoms with Gasteiger partial charge in [0.05, 0.1) is 0 Å². The zero-order valence-electron chi connectivity index (χ0n) is 18.3. The van der Waals surface area contributed by atoms with E-state index >= 15 is 0 Å². The smallest absolute Gasteiger partial charge is 0.0162 e. The van der Waals surface area contributed by atoms with E-state index in [1.165, 1.54) is 103 Å². The molecule has 3 rings (SSSR count). The van der Waals surface area contributed by atoms with Crippen LogP contribution in [0.4, 0.5) is 0 Å². The fraction of sp³-hybridized carbons (Fsp3) is 0.778. The first kappa shape index (κ1) is 20.9. The van der Waals surface area contributed by atoms with Crippen LogP contribution in [-0.4, -0.2) is 0 Å². The topological polar surface area (TPSA) is 0 Å². The third-order valence-electron chi connectivity index (χ3n) is 7.54. The van der Waals surface area contributed by atoms with E-state index < -0.39 is 0 Å². The van der Waals surface area contributed by atoms with Gasteiger partial charge in [0.25, 0.3) is 0 Å². The van der Waals surface area contributed by atoms with E-state index in [1.54, 1.807) is 16.7 Å². The lowest BCUT2D eigenvalue weighted by Gasteiger charge is -2.30. The highest BCUT2D eigenvalue weighted by molar-refractivity contribution is 5.36. The van der Waals surface area contributed by atoms with E-state index in [4.69, 9.17) is 0 Å². The van der Waals surface area contributed by atoms with E-state index in [9.17, 15) is 0 Å². The van der Waals surface area contributed by atoms with Crippen LogP contribution in [0.5, 0.6) is 0 Å². The van der Waals surface area contributed by atoms with E-state index in [1.807, 2.05) is 0 Å². The molecule has 1 aromatic carbocycles. The fourth-order valence-electron chi connectivity index (χ4n) is 5.76. The van der Waals surface area contributed by atoms with Gasteiger partial charge in [-0.2, -0.15) is 0 Å². The maximum absolute atomic E-state index is 2.61. The van der Waals surface area contributed by atoms with Gasteiger partial charge >= 0.3 is 0 Å². The second kappa shape index (κ2) is 11.3. The zero-order chi connectivity index (χ0) is 18.9. The second-order valence-electron chi connectivity index (χ2n) is 9.70. The second-order valence-corrected chi connectivity index (χ2v) is 9.70. The summed E-state index contributed by atoms with van der Waals surface area (Å²) >= 11 is 0. The molecule has 2 aliphatic rings. The van der Waals surface area contributed by atoms with Gasteiger partial charge in [-0.25, -0.2) is 0 Å². The van der Waals surface area contributed by atoms with Gasteiger partial charge in [-0.15, -0.1) is 0 Å². The molecule has 27 heavy (non-hydrogen) atoms. The summed E-state index contributed by atoms with van der Waals surface area (Å²) in [6.45, 7) is 4.65. The van der Waals surface area contributed by atoms with Gasteiger partial charge in [0.2, 0.25) is 0 Å². The van der Waals surface area contributed by atoms with Crippen LogP contribution in [0.25, 0.3) is 0 Å². The molecule has 0 heteroatoms. The molecule has 0 aliphatic heterocycles. The third kappa shape index (κ3) is 6.37. The van der Waals surface area contributed by atoms with E-state index in [0.29, 0.717) is 0 Å². The lowest BCUT2D eigenvalue weighted by atomic mass is 9.75. The van der Waals surface area contributed by atoms with Crippen LogP contribution in [-0.2, 0) is 12.8 Å². The predicted octanol–water partition coefficient (Wildman–Crippen LogP) is 8.62. The number of hydrogen-bond acceptors (Lipinski definition) is 0. The SMILES string of the molecule is CCCCCCCCC1CCc2cc([C@H]3CC[C@H](CCC)CC3)ccc2C1. The fourth-order valence-corrected chi connectivity index (χ4v) is 5.76. The quantitative estimate of drug-likeness (QED) is 0.362. The Balaban J connectivity index is 1.44. The Kier molecular flexibility index (Phi) is 8.75. The third-order valence-corrected chi connectivity index (χ3v) is 7.54. The number of hydrogen-bond donors (Lipinski definition) is 0. The molecule has 0 spiro atoms. The molecule has 0 heterocycles. The van der Waals surface area contributed by atoms with Crippen molar-refractivity contribution in [2.45, 2.75) is 122 Å². The van der Waals surface area contributed by atoms with Crippen molar-refractivity contribution in [3.05, 3.63) is 34.9 Å². The van der Waals surface area contributed by atoms with Crippen molar-refractivity contribution >= 4 is 0 Å². The summed E-state index contributed by atoms with van der Waals surface area (Å²) in [6.07, 6.45) is 22.9. The van der Waals surface area contributed by atoms with Gasteiger partial charge in [-0.1, -0.05) is 89.8 Å². The Morgan fingerprint density at radius 3 is 2.26 bits per heavy atom. The summed E-state index contributed by atoms with van der Waals surface area (Å²) < 4.78 is 0. The monoisotopic (exact) mass is 368 g/mol. The number of aryl methyl sites for hydroxylation is 1. The predicted molar refractivity (Wildman–Crippen MR) is 120 cm³/mol. The summed E-state index contributed by atoms with van der Waals surface area (Å²) in [4.78, 5) is 0. The Morgan fingerprint density at radius 1 is 0.704 bits per heavy atom. The highest BCUT2D eigenvalue weighted by atomic mass is 14.3. The average molecular weight is 369 g/mol. The summed E-state index contributed by atoms with van der Waals surface area (Å²) in [5, 5.41) is 0. The zero-order valence-corrected chi connectivity index (χ0v) is 18.3. The van der Waals surface area contributed by atoms with Crippen LogP contribution in [0, 0.1) is 11.8 Å². The molecule has 0 radical (unpaired) electrons. The summed E-state index contributed by atoms with van der Waals surface area (Å²) in [5.74, 6) is 2.83. The van der Waals surface area contributed by atoms with Gasteiger partial charge in [0.1, 0.15) is 0 Å². The molecular weight excluding hydrogens is 324 g/mol. The molecular formula is C27H44. The Labute approximate surface area is 169 Å². The standard InChI is InChI=1S/C27H44/c1-3-5-6-7-8-9-11-23-14-17-27-21-26(19-18-25(27)20-23)24-15-12-22(10-4-2)13-16-24/h18-19,21-24H,3-17,20H2,1-2H3/t22-,23?,24-. The van der Waals surface area contributed by atoms with Crippen molar-refractivity contribution in [1.29, 1.82) is 0 Å². The molecule has 1 aromatic rings. The van der Waals surface area contributed by atoms with Gasteiger partial charge < -0.3 is 0 Å². The highest BCUT2D eigenvalue weighted by Gasteiger charge is 2.24. The normalized spacial score (nSPS) is 25.3. The molecule has 0 aromatic heterocycles. The van der Waals surface area contributed by atoms with Gasteiger partial charge in [-0.05, 0) is 79.4 Å². The number of rotatable bonds is 10. The van der Waals surface area contributed by atoms with Gasteiger partial charge in [0, 0.05) is 0 Å². The minimum atomic E-state index is 0.851. The van der Waals surface area contributed by atoms with Crippen molar-refractivity contribution < 1.29 is 0 Å². The molecule has 1 unspecified atom stereocenters. The van der Waals surface area contributed by atoms with Crippen molar-refractivity contribution in [2.24, 2.45) is 11.8 Å². The maximum atomic E-state index is 2.61. The van der Waals surface area contributed by atoms with Crippen LogP contribution in [0.3, 0.4) is 0 Å². The summed E-state index contributed by atoms with van der Waals surface area (Å²) in [7, 11) is 0. The van der Waals surface area contributed by atoms with E-state index in [2.05, 4.69) is 32.0 Å². The molecule has 0 N–H and O–H groups in total. The number of unbranched alkanes of at least 4 members (excludes halogenated alkanes) is 5. The first-order valence-electron chi connectivity index (χ1n) is 12.4. The average Bonchev–Trinajstić information content (AvgIpc) is 2.71. The maximum Gasteiger partial charge on any atom is -0.0162 e. The van der Waals surface area contributed by atoms with Crippen molar-refractivity contribution in [1.82, 2.24) is 0 Å². The molecule has 0 amide bonds. The molecule has 0 nitrogen and oxygen atoms in total. The lowest BCUT2D eigenvalue weighted by Crippen LogP contribution is -2.16. The largest absolute Gasteiger partial charge is 0.0654 e. The Bertz CT molecular complexity index is 535. The van der Waals surface area contributed by atoms with E-state index in [0.717, 1.165) is 17.8 Å². The first-order chi connectivity index (χ1) is 13.3. The van der Waals surface area contributed by atoms with Crippen LogP contribution in [0.2, 0.25) is 0 Å². The van der Waals surface area contributed by atoms with Crippen molar-refractivity contribution in [3.63, 3.8) is 0 Å². The van der Waals surface area contributed by atoms with Crippen LogP contribution in [0.1, 0.15) is 126 Å². The molecule has 1 fully saturated rings. The lowest BCUT2D eigenvalue weighted by molar-refractivity contribution is 0.308. The summed E-state index contributed by atoms with van der Waals surface area (Å²) in [5.41, 5.74) is 5.04. The minimum Gasteiger partial charge on any atom is -0.0654 e. The highest BCUT2D eigenvalue weighted by Crippen LogP contribution is 2.39. The van der Waals surface area contributed by atoms with Crippen LogP contribution < -0.4 is 0 Å². The molecule has 2 aliphatic carbocycles. The number of fused-ring (bicyclic) bond motifs is 1. The molecule has 1 saturated carbocycles. The van der Waals surface area contributed by atoms with Crippen molar-refractivity contribution in [3.8, 4) is 0 Å². The first-order valence-corrected chi connectivity index (χ1v) is 12.4. The van der Waals surface area contributed by atoms with E-state index in [-0.39, 0.29) is 0 Å². The molecule has 0 bridgehead atoms. The molecule has 152 valence electrons. The Hall–Kier alpha value is -0.780. The van der Waals surface area contributed by atoms with Crippen LogP contribution >= 0.6 is 0 Å². The van der Waals surface area contributed by atoms with Crippen LogP contribution in [0.15, 0.2) is 18.2 Å². The Morgan fingerprint density at radius 2 is 1.48 bits per heavy atom. The molecule has 1 atom stereocenters. The summed E-state index contributed by atoms with van der Waals surface area (Å²) in [6, 6.07) is 7.62. The minimum absolute atomic E-state index is 0.851. The van der Waals surface area contributed by atoms with Crippen molar-refractivity contribution in [2.75, 3.05) is 0 Å². The van der Waals surface area contributed by atoms with Gasteiger partial charge in [-0.3, -0.25) is 0 Å². The van der Waals surface area contributed by atoms with Gasteiger partial charge in [0.15, 0.2) is 0 Å².